The van der Waals surface area contributed by atoms with Crippen LogP contribution in [0.4, 0.5) is 10.1 Å². The average molecular weight is 371 g/mol. The molecule has 0 fully saturated rings. The fraction of sp³-hybridized carbons (Fsp3) is 0.143. The normalized spacial score (nSPS) is 11.5. The fourth-order valence-electron chi connectivity index (χ4n) is 1.84. The van der Waals surface area contributed by atoms with Gasteiger partial charge in [0.1, 0.15) is 10.0 Å². The maximum Gasteiger partial charge on any atom is 0.252 e. The van der Waals surface area contributed by atoms with Crippen molar-refractivity contribution >= 4 is 38.9 Å². The average Bonchev–Trinajstić information content (AvgIpc) is 3.03. The van der Waals surface area contributed by atoms with E-state index in [4.69, 9.17) is 5.73 Å². The molecule has 0 atom stereocenters. The molecule has 0 aliphatic rings. The van der Waals surface area contributed by atoms with Crippen molar-refractivity contribution in [1.29, 1.82) is 0 Å². The molecular weight excluding hydrogens is 357 g/mol. The number of amides is 2. The zero-order valence-electron chi connectivity index (χ0n) is 12.5. The molecule has 128 valence electrons. The third kappa shape index (κ3) is 3.96. The molecule has 0 bridgehead atoms. The lowest BCUT2D eigenvalue weighted by atomic mass is 10.2. The van der Waals surface area contributed by atoms with Crippen molar-refractivity contribution in [2.45, 2.75) is 4.21 Å². The highest BCUT2D eigenvalue weighted by molar-refractivity contribution is 7.91. The summed E-state index contributed by atoms with van der Waals surface area (Å²) >= 11 is 1.04. The van der Waals surface area contributed by atoms with Gasteiger partial charge in [0.25, 0.3) is 15.9 Å². The predicted octanol–water partition coefficient (Wildman–Crippen LogP) is 1.25. The van der Waals surface area contributed by atoms with Crippen LogP contribution in [-0.4, -0.2) is 38.1 Å². The molecule has 0 unspecified atom stereocenters. The second kappa shape index (κ2) is 7.07. The summed E-state index contributed by atoms with van der Waals surface area (Å²) in [4.78, 5) is 23.1. The van der Waals surface area contributed by atoms with Gasteiger partial charge in [0.2, 0.25) is 5.91 Å². The number of carbonyl (C=O) groups excluding carboxylic acids is 2. The number of primary amides is 1. The van der Waals surface area contributed by atoms with Gasteiger partial charge in [-0.2, -0.15) is 4.31 Å². The molecule has 0 spiro atoms. The summed E-state index contributed by atoms with van der Waals surface area (Å²) in [7, 11) is -2.48. The van der Waals surface area contributed by atoms with Gasteiger partial charge in [0, 0.05) is 12.7 Å². The van der Waals surface area contributed by atoms with E-state index in [0.717, 1.165) is 27.8 Å². The number of likely N-dealkylation sites (N-methyl/N-ethyl adjacent to an activating group) is 1. The van der Waals surface area contributed by atoms with Crippen molar-refractivity contribution in [1.82, 2.24) is 4.31 Å². The zero-order valence-corrected chi connectivity index (χ0v) is 14.2. The standard InChI is InChI=1S/C14H14FN3O4S2/c1-18(24(21,22)13-3-2-6-23-13)8-12(19)17-9-4-5-11(15)10(7-9)14(16)20/h2-7H,8H2,1H3,(H2,16,20)(H,17,19). The minimum Gasteiger partial charge on any atom is -0.366 e. The number of thiophene rings is 1. The highest BCUT2D eigenvalue weighted by atomic mass is 32.2. The van der Waals surface area contributed by atoms with Crippen LogP contribution in [0, 0.1) is 5.82 Å². The molecule has 0 aliphatic carbocycles. The van der Waals surface area contributed by atoms with Crippen LogP contribution in [0.15, 0.2) is 39.9 Å². The number of nitrogens with one attached hydrogen (secondary N) is 1. The fourth-order valence-corrected chi connectivity index (χ4v) is 4.17. The number of halogens is 1. The van der Waals surface area contributed by atoms with Crippen LogP contribution in [0.1, 0.15) is 10.4 Å². The van der Waals surface area contributed by atoms with E-state index in [9.17, 15) is 22.4 Å². The Morgan fingerprint density at radius 2 is 2.04 bits per heavy atom. The smallest absolute Gasteiger partial charge is 0.252 e. The molecule has 2 aromatic rings. The molecule has 1 aromatic carbocycles. The van der Waals surface area contributed by atoms with Crippen molar-refractivity contribution in [3.63, 3.8) is 0 Å². The van der Waals surface area contributed by atoms with Crippen LogP contribution in [0.5, 0.6) is 0 Å². The molecule has 2 amide bonds. The van der Waals surface area contributed by atoms with Gasteiger partial charge >= 0.3 is 0 Å². The van der Waals surface area contributed by atoms with Crippen LogP contribution in [-0.2, 0) is 14.8 Å². The number of hydrogen-bond acceptors (Lipinski definition) is 5. The topological polar surface area (TPSA) is 110 Å². The molecule has 3 N–H and O–H groups in total. The number of benzene rings is 1. The number of nitrogens with zero attached hydrogens (tertiary/aromatic N) is 1. The van der Waals surface area contributed by atoms with E-state index in [2.05, 4.69) is 5.32 Å². The minimum atomic E-state index is -3.75. The summed E-state index contributed by atoms with van der Waals surface area (Å²) in [5, 5.41) is 4.01. The Bertz CT molecular complexity index is 866. The van der Waals surface area contributed by atoms with E-state index in [-0.39, 0.29) is 15.5 Å². The SMILES string of the molecule is CN(CC(=O)Nc1ccc(F)c(C(N)=O)c1)S(=O)(=O)c1cccs1. The monoisotopic (exact) mass is 371 g/mol. The molecule has 0 saturated heterocycles. The van der Waals surface area contributed by atoms with Crippen molar-refractivity contribution in [2.24, 2.45) is 5.73 Å². The molecular formula is C14H14FN3O4S2. The summed E-state index contributed by atoms with van der Waals surface area (Å²) in [5.74, 6) is -2.42. The second-order valence-corrected chi connectivity index (χ2v) is 8.02. The summed E-state index contributed by atoms with van der Waals surface area (Å²) in [6.07, 6.45) is 0. The first-order chi connectivity index (χ1) is 11.2. The largest absolute Gasteiger partial charge is 0.366 e. The maximum absolute atomic E-state index is 13.4. The molecule has 7 nitrogen and oxygen atoms in total. The number of hydrogen-bond donors (Lipinski definition) is 2. The summed E-state index contributed by atoms with van der Waals surface area (Å²) in [6.45, 7) is -0.441. The lowest BCUT2D eigenvalue weighted by Crippen LogP contribution is -2.34. The van der Waals surface area contributed by atoms with Crippen molar-refractivity contribution in [2.75, 3.05) is 18.9 Å². The highest BCUT2D eigenvalue weighted by Gasteiger charge is 2.24. The summed E-state index contributed by atoms with van der Waals surface area (Å²) < 4.78 is 38.8. The number of anilines is 1. The Balaban J connectivity index is 2.08. The van der Waals surface area contributed by atoms with Crippen LogP contribution in [0.3, 0.4) is 0 Å². The molecule has 1 aromatic heterocycles. The summed E-state index contributed by atoms with van der Waals surface area (Å²) in [6, 6.07) is 6.35. The molecule has 0 saturated carbocycles. The quantitative estimate of drug-likeness (QED) is 0.796. The first kappa shape index (κ1) is 18.0. The highest BCUT2D eigenvalue weighted by Crippen LogP contribution is 2.20. The minimum absolute atomic E-state index is 0.121. The third-order valence-electron chi connectivity index (χ3n) is 3.04. The van der Waals surface area contributed by atoms with E-state index < -0.39 is 34.2 Å². The first-order valence-corrected chi connectivity index (χ1v) is 8.93. The van der Waals surface area contributed by atoms with Crippen molar-refractivity contribution < 1.29 is 22.4 Å². The number of sulfonamides is 1. The van der Waals surface area contributed by atoms with Gasteiger partial charge in [-0.05, 0) is 29.6 Å². The second-order valence-electron chi connectivity index (χ2n) is 4.80. The lowest BCUT2D eigenvalue weighted by molar-refractivity contribution is -0.116. The Morgan fingerprint density at radius 1 is 1.33 bits per heavy atom. The van der Waals surface area contributed by atoms with Gasteiger partial charge in [0.05, 0.1) is 12.1 Å². The Labute approximate surface area is 141 Å². The van der Waals surface area contributed by atoms with Gasteiger partial charge in [-0.3, -0.25) is 9.59 Å². The number of nitrogens with two attached hydrogens (primary N) is 1. The van der Waals surface area contributed by atoms with Crippen molar-refractivity contribution in [3.8, 4) is 0 Å². The number of carbonyl (C=O) groups is 2. The van der Waals surface area contributed by atoms with E-state index in [1.165, 1.54) is 19.2 Å². The van der Waals surface area contributed by atoms with Gasteiger partial charge in [-0.1, -0.05) is 6.07 Å². The maximum atomic E-state index is 13.4. The van der Waals surface area contributed by atoms with Crippen LogP contribution in [0.2, 0.25) is 0 Å². The lowest BCUT2D eigenvalue weighted by Gasteiger charge is -2.16. The summed E-state index contributed by atoms with van der Waals surface area (Å²) in [5.41, 5.74) is 4.80. The van der Waals surface area contributed by atoms with Gasteiger partial charge < -0.3 is 11.1 Å². The zero-order chi connectivity index (χ0) is 17.9. The Kier molecular flexibility index (Phi) is 5.32. The predicted molar refractivity (Wildman–Crippen MR) is 87.7 cm³/mol. The van der Waals surface area contributed by atoms with Crippen LogP contribution < -0.4 is 11.1 Å². The van der Waals surface area contributed by atoms with Crippen LogP contribution in [0.25, 0.3) is 0 Å². The van der Waals surface area contributed by atoms with E-state index in [1.54, 1.807) is 11.4 Å². The van der Waals surface area contributed by atoms with Crippen molar-refractivity contribution in [3.05, 3.63) is 47.1 Å². The molecule has 0 radical (unpaired) electrons. The van der Waals surface area contributed by atoms with E-state index in [0.29, 0.717) is 0 Å². The molecule has 10 heteroatoms. The van der Waals surface area contributed by atoms with E-state index >= 15 is 0 Å². The van der Waals surface area contributed by atoms with E-state index in [1.807, 2.05) is 0 Å². The van der Waals surface area contributed by atoms with Gasteiger partial charge in [0.15, 0.2) is 0 Å². The Morgan fingerprint density at radius 3 is 2.62 bits per heavy atom. The molecule has 2 rings (SSSR count). The van der Waals surface area contributed by atoms with Gasteiger partial charge in [-0.25, -0.2) is 12.8 Å². The Hall–Kier alpha value is -2.30. The van der Waals surface area contributed by atoms with Gasteiger partial charge in [-0.15, -0.1) is 11.3 Å². The number of rotatable bonds is 6. The molecule has 24 heavy (non-hydrogen) atoms. The first-order valence-electron chi connectivity index (χ1n) is 6.61. The molecule has 1 heterocycles. The van der Waals surface area contributed by atoms with Crippen LogP contribution >= 0.6 is 11.3 Å². The molecule has 0 aliphatic heterocycles. The third-order valence-corrected chi connectivity index (χ3v) is 6.22.